The zero-order valence-corrected chi connectivity index (χ0v) is 59.0. The summed E-state index contributed by atoms with van der Waals surface area (Å²) in [6.07, 6.45) is 6.64. The second-order valence-corrected chi connectivity index (χ2v) is 26.3. The molecule has 0 saturated carbocycles. The Bertz CT molecular complexity index is 4070. The summed E-state index contributed by atoms with van der Waals surface area (Å²) in [7, 11) is 3.68. The van der Waals surface area contributed by atoms with Crippen molar-refractivity contribution < 1.29 is 41.0 Å². The van der Waals surface area contributed by atoms with E-state index < -0.39 is 23.4 Å². The van der Waals surface area contributed by atoms with Gasteiger partial charge in [0.1, 0.15) is 58.8 Å². The molecule has 2 amide bonds. The number of halogens is 5. The number of carbonyl (C=O) groups is 2. The number of aromatic nitrogens is 6. The fourth-order valence-corrected chi connectivity index (χ4v) is 15.6. The molecule has 4 atom stereocenters. The minimum absolute atomic E-state index is 0.00287. The standard InChI is InChI=1S/C37H42F2N8O2S.C31H38F3N7O2.2C2H6/c1-6-28(48)47-17-12-27(22(47)5)46(7-2)34-25-19-41-31(23-10-11-26(38)33-29(23)24(18-40)35(50-33)42-21(3)4)30(39)32(25)43-36(44-34)49-20-37-13-8-15-45(37)16-9-14-37;1-7-26(42)40-11-12-41(20(4)16-40)29-23-13-18(2)22(28-27(31(32,33)34)19(3)14-25(35-5)37-28)15-24(23)36-30(38-29)43-17-21-9-8-10-39(21)6;2*1-2/h6,10-11,19,21-22,27,42H,1,7-9,12-17,20H2,2-5H3;7,13-15,20-21H,1,8-12,16-17H2,2-6H3,(H,35,37);2*1-2H3. The summed E-state index contributed by atoms with van der Waals surface area (Å²) in [6.45, 7) is 34.8. The van der Waals surface area contributed by atoms with E-state index in [1.807, 2.05) is 68.4 Å². The largest absolute Gasteiger partial charge is 0.462 e. The third-order valence-corrected chi connectivity index (χ3v) is 20.3. The van der Waals surface area contributed by atoms with Crippen LogP contribution < -0.4 is 29.9 Å². The van der Waals surface area contributed by atoms with Crippen molar-refractivity contribution in [3.63, 3.8) is 0 Å². The third kappa shape index (κ3) is 14.8. The lowest BCUT2D eigenvalue weighted by molar-refractivity contribution is -0.137. The van der Waals surface area contributed by atoms with E-state index >= 15 is 8.78 Å². The van der Waals surface area contributed by atoms with Gasteiger partial charge in [-0.3, -0.25) is 19.5 Å². The Balaban J connectivity index is 0.000000219. The number of pyridine rings is 2. The van der Waals surface area contributed by atoms with Crippen molar-refractivity contribution in [3.8, 4) is 40.6 Å². The van der Waals surface area contributed by atoms with E-state index in [4.69, 9.17) is 24.4 Å². The fraction of sp³-hybridized carbons (Fsp3) is 0.514. The van der Waals surface area contributed by atoms with Gasteiger partial charge in [0.25, 0.3) is 0 Å². The van der Waals surface area contributed by atoms with Crippen LogP contribution in [-0.2, 0) is 15.8 Å². The number of nitrogens with zero attached hydrogens (tertiary/aromatic N) is 13. The van der Waals surface area contributed by atoms with Crippen molar-refractivity contribution in [2.45, 2.75) is 163 Å². The molecule has 0 spiro atoms. The Morgan fingerprint density at radius 2 is 1.58 bits per heavy atom. The second-order valence-electron chi connectivity index (χ2n) is 25.3. The molecule has 5 aromatic heterocycles. The number of thiophene rings is 1. The van der Waals surface area contributed by atoms with Crippen molar-refractivity contribution in [2.24, 2.45) is 0 Å². The number of carbonyl (C=O) groups excluding carboxylic acids is 2. The number of nitriles is 1. The van der Waals surface area contributed by atoms with Crippen LogP contribution in [0.1, 0.15) is 130 Å². The average Bonchev–Trinajstić information content (AvgIpc) is 1.66. The first-order valence-electron chi connectivity index (χ1n) is 34.0. The van der Waals surface area contributed by atoms with E-state index in [1.54, 1.807) is 36.0 Å². The van der Waals surface area contributed by atoms with Crippen molar-refractivity contribution in [2.75, 3.05) is 100 Å². The number of hydrogen-bond acceptors (Lipinski definition) is 18. The highest BCUT2D eigenvalue weighted by Gasteiger charge is 2.46. The maximum Gasteiger partial charge on any atom is 0.418 e. The Labute approximate surface area is 570 Å². The second kappa shape index (κ2) is 31.0. The van der Waals surface area contributed by atoms with Crippen LogP contribution >= 0.6 is 11.3 Å². The first kappa shape index (κ1) is 72.9. The smallest absolute Gasteiger partial charge is 0.418 e. The highest BCUT2D eigenvalue weighted by molar-refractivity contribution is 7.23. The Morgan fingerprint density at radius 1 is 0.866 bits per heavy atom. The fourth-order valence-electron chi connectivity index (χ4n) is 14.4. The van der Waals surface area contributed by atoms with Crippen LogP contribution in [0, 0.1) is 36.8 Å². The Morgan fingerprint density at radius 3 is 2.21 bits per heavy atom. The number of hydrogen-bond donors (Lipinski definition) is 2. The number of amides is 2. The van der Waals surface area contributed by atoms with Gasteiger partial charge < -0.3 is 44.6 Å². The van der Waals surface area contributed by atoms with Crippen LogP contribution in [-0.4, -0.2) is 177 Å². The van der Waals surface area contributed by atoms with Gasteiger partial charge >= 0.3 is 18.2 Å². The van der Waals surface area contributed by atoms with Crippen molar-refractivity contribution in [3.05, 3.63) is 95.7 Å². The van der Waals surface area contributed by atoms with Crippen LogP contribution in [0.25, 0.3) is 54.4 Å². The van der Waals surface area contributed by atoms with Gasteiger partial charge in [-0.1, -0.05) is 40.9 Å². The molecule has 97 heavy (non-hydrogen) atoms. The summed E-state index contributed by atoms with van der Waals surface area (Å²) in [4.78, 5) is 65.5. The van der Waals surface area contributed by atoms with Crippen LogP contribution in [0.3, 0.4) is 0 Å². The van der Waals surface area contributed by atoms with E-state index in [0.717, 1.165) is 69.5 Å². The van der Waals surface area contributed by atoms with Crippen LogP contribution in [0.4, 0.5) is 44.4 Å². The van der Waals surface area contributed by atoms with E-state index in [1.165, 1.54) is 37.3 Å². The number of likely N-dealkylation sites (N-methyl/N-ethyl adjacent to an activating group) is 2. The third-order valence-electron chi connectivity index (χ3n) is 19.2. The number of aryl methyl sites for hydroxylation is 2. The van der Waals surface area contributed by atoms with E-state index in [2.05, 4.69) is 71.5 Å². The highest BCUT2D eigenvalue weighted by atomic mass is 32.1. The van der Waals surface area contributed by atoms with E-state index in [0.29, 0.717) is 113 Å². The molecule has 2 N–H and O–H groups in total. The zero-order chi connectivity index (χ0) is 70.4. The van der Waals surface area contributed by atoms with Crippen LogP contribution in [0.15, 0.2) is 61.8 Å². The lowest BCUT2D eigenvalue weighted by Gasteiger charge is -2.40. The number of anilines is 4. The van der Waals surface area contributed by atoms with Gasteiger partial charge in [0.15, 0.2) is 5.82 Å². The first-order chi connectivity index (χ1) is 46.5. The molecule has 0 aliphatic carbocycles. The predicted octanol–water partition coefficient (Wildman–Crippen LogP) is 14.0. The normalized spacial score (nSPS) is 19.2. The molecular weight excluding hydrogens is 1270 g/mol. The predicted molar refractivity (Wildman–Crippen MR) is 377 cm³/mol. The summed E-state index contributed by atoms with van der Waals surface area (Å²) < 4.78 is 88.1. The van der Waals surface area contributed by atoms with Crippen molar-refractivity contribution in [1.82, 2.24) is 49.5 Å². The van der Waals surface area contributed by atoms with Crippen molar-refractivity contribution >= 4 is 77.5 Å². The summed E-state index contributed by atoms with van der Waals surface area (Å²) in [5, 5.41) is 18.2. The summed E-state index contributed by atoms with van der Waals surface area (Å²) in [6, 6.07) is 9.96. The molecular formula is C72H92F5N15O4S. The molecule has 0 bridgehead atoms. The molecule has 12 rings (SSSR count). The number of likely N-dealkylation sites (tertiary alicyclic amines) is 2. The topological polar surface area (TPSA) is 197 Å². The maximum absolute atomic E-state index is 17.1. The lowest BCUT2D eigenvalue weighted by atomic mass is 9.95. The molecule has 7 aromatic rings. The average molecular weight is 1360 g/mol. The summed E-state index contributed by atoms with van der Waals surface area (Å²) in [5.74, 6) is -0.0309. The number of nitrogens with one attached hydrogen (secondary N) is 2. The molecule has 5 aliphatic heterocycles. The number of fused-ring (bicyclic) bond motifs is 4. The van der Waals surface area contributed by atoms with E-state index in [9.17, 15) is 28.0 Å². The van der Waals surface area contributed by atoms with Gasteiger partial charge in [0.05, 0.1) is 44.0 Å². The molecule has 520 valence electrons. The molecule has 4 unspecified atom stereocenters. The van der Waals surface area contributed by atoms with Crippen molar-refractivity contribution in [1.29, 1.82) is 5.26 Å². The highest BCUT2D eigenvalue weighted by Crippen LogP contribution is 2.46. The molecule has 5 saturated heterocycles. The van der Waals surface area contributed by atoms with Crippen LogP contribution in [0.2, 0.25) is 0 Å². The van der Waals surface area contributed by atoms with Gasteiger partial charge in [-0.2, -0.15) is 38.4 Å². The summed E-state index contributed by atoms with van der Waals surface area (Å²) in [5.41, 5.74) is 0.992. The van der Waals surface area contributed by atoms with Gasteiger partial charge in [0, 0.05) is 92.0 Å². The number of rotatable bonds is 17. The molecule has 25 heteroatoms. The quantitative estimate of drug-likeness (QED) is 0.0644. The molecule has 10 heterocycles. The Hall–Kier alpha value is -8.34. The zero-order valence-electron chi connectivity index (χ0n) is 58.2. The number of benzene rings is 2. The van der Waals surface area contributed by atoms with Gasteiger partial charge in [-0.15, -0.1) is 11.3 Å². The summed E-state index contributed by atoms with van der Waals surface area (Å²) >= 11 is 1.13. The number of piperazine rings is 1. The lowest BCUT2D eigenvalue weighted by Crippen LogP contribution is -2.53. The Kier molecular flexibility index (Phi) is 23.3. The van der Waals surface area contributed by atoms with Gasteiger partial charge in [0.2, 0.25) is 11.8 Å². The molecule has 5 fully saturated rings. The number of alkyl halides is 3. The minimum atomic E-state index is -4.60. The molecule has 0 radical (unpaired) electrons. The molecule has 19 nitrogen and oxygen atoms in total. The maximum atomic E-state index is 17.1. The van der Waals surface area contributed by atoms with Gasteiger partial charge in [-0.25, -0.2) is 13.8 Å². The SMILES string of the molecule is C=CC(=O)N1CCC(N(CC)c2nc(OCC34CCCN3CCC4)nc3c(F)c(-c4ccc(F)c5sc(NC(C)C)c(C#N)c45)ncc23)C1C.C=CC(=O)N1CCN(c2nc(OCC3CCCN3C)nc3cc(-c4nc(NC)cc(C)c4C(F)(F)F)c(C)cc23)C(C)C1.CC.CC. The molecule has 5 aliphatic rings. The minimum Gasteiger partial charge on any atom is -0.462 e. The van der Waals surface area contributed by atoms with E-state index in [-0.39, 0.29) is 92.3 Å². The molecule has 2 aromatic carbocycles. The monoisotopic (exact) mass is 1360 g/mol. The van der Waals surface area contributed by atoms with Crippen LogP contribution in [0.5, 0.6) is 12.0 Å². The number of ether oxygens (including phenoxy) is 2. The van der Waals surface area contributed by atoms with Gasteiger partial charge in [-0.05, 0) is 174 Å². The first-order valence-corrected chi connectivity index (χ1v) is 34.8.